The summed E-state index contributed by atoms with van der Waals surface area (Å²) >= 11 is 1.58. The molecule has 26 heavy (non-hydrogen) atoms. The number of nitrogens with zero attached hydrogens (tertiary/aromatic N) is 4. The summed E-state index contributed by atoms with van der Waals surface area (Å²) in [6.45, 7) is 3.88. The summed E-state index contributed by atoms with van der Waals surface area (Å²) < 4.78 is 7.65. The number of benzene rings is 2. The van der Waals surface area contributed by atoms with Crippen molar-refractivity contribution in [3.05, 3.63) is 78.1 Å². The van der Waals surface area contributed by atoms with E-state index in [1.54, 1.807) is 18.7 Å². The third-order valence-corrected chi connectivity index (χ3v) is 4.92. The van der Waals surface area contributed by atoms with E-state index in [0.717, 1.165) is 22.1 Å². The fraction of sp³-hybridized carbons (Fsp3) is 0.150. The van der Waals surface area contributed by atoms with Crippen LogP contribution in [0.25, 0.3) is 16.9 Å². The van der Waals surface area contributed by atoms with Crippen LogP contribution < -0.4 is 0 Å². The fourth-order valence-corrected chi connectivity index (χ4v) is 3.54. The zero-order valence-electron chi connectivity index (χ0n) is 14.6. The monoisotopic (exact) mass is 362 g/mol. The molecule has 0 saturated carbocycles. The lowest BCUT2D eigenvalue weighted by atomic mass is 10.1. The van der Waals surface area contributed by atoms with Crippen LogP contribution in [-0.4, -0.2) is 19.7 Å². The molecule has 6 heteroatoms. The molecule has 0 bridgehead atoms. The molecular weight excluding hydrogens is 344 g/mol. The molecule has 4 rings (SSSR count). The van der Waals surface area contributed by atoms with Gasteiger partial charge in [0.15, 0.2) is 5.16 Å². The maximum atomic E-state index is 5.48. The molecule has 0 atom stereocenters. The van der Waals surface area contributed by atoms with Gasteiger partial charge in [-0.25, -0.2) is 4.98 Å². The van der Waals surface area contributed by atoms with Gasteiger partial charge in [-0.2, -0.15) is 0 Å². The topological polar surface area (TPSA) is 56.7 Å². The summed E-state index contributed by atoms with van der Waals surface area (Å²) in [5.41, 5.74) is 4.49. The minimum absolute atomic E-state index is 0.576. The third-order valence-electron chi connectivity index (χ3n) is 3.98. The fourth-order valence-electron chi connectivity index (χ4n) is 2.71. The Morgan fingerprint density at radius 2 is 1.73 bits per heavy atom. The van der Waals surface area contributed by atoms with Crippen LogP contribution in [0.2, 0.25) is 0 Å². The first kappa shape index (κ1) is 16.6. The highest BCUT2D eigenvalue weighted by Crippen LogP contribution is 2.31. The van der Waals surface area contributed by atoms with Crippen molar-refractivity contribution in [3.63, 3.8) is 0 Å². The second-order valence-electron chi connectivity index (χ2n) is 5.97. The zero-order valence-corrected chi connectivity index (χ0v) is 15.4. The smallest absolute Gasteiger partial charge is 0.226 e. The van der Waals surface area contributed by atoms with E-state index < -0.39 is 0 Å². The standard InChI is InChI=1S/C20H18N4OS/c1-14-8-10-17(11-9-14)24-18(16-6-4-3-5-7-16)12-21-20(24)26-13-19-23-22-15(2)25-19/h3-12H,13H2,1-2H3. The van der Waals surface area contributed by atoms with E-state index in [4.69, 9.17) is 4.42 Å². The molecule has 0 saturated heterocycles. The van der Waals surface area contributed by atoms with E-state index in [2.05, 4.69) is 63.1 Å². The van der Waals surface area contributed by atoms with E-state index in [-0.39, 0.29) is 0 Å². The molecule has 0 unspecified atom stereocenters. The molecule has 0 aliphatic heterocycles. The molecule has 0 fully saturated rings. The van der Waals surface area contributed by atoms with Gasteiger partial charge in [-0.1, -0.05) is 59.8 Å². The largest absolute Gasteiger partial charge is 0.425 e. The third kappa shape index (κ3) is 3.41. The van der Waals surface area contributed by atoms with Gasteiger partial charge in [-0.05, 0) is 19.1 Å². The first-order valence-electron chi connectivity index (χ1n) is 8.33. The Kier molecular flexibility index (Phi) is 4.58. The Morgan fingerprint density at radius 1 is 0.962 bits per heavy atom. The number of aromatic nitrogens is 4. The van der Waals surface area contributed by atoms with Crippen LogP contribution in [0.4, 0.5) is 0 Å². The minimum atomic E-state index is 0.576. The van der Waals surface area contributed by atoms with Gasteiger partial charge in [-0.15, -0.1) is 10.2 Å². The van der Waals surface area contributed by atoms with Crippen LogP contribution in [0.5, 0.6) is 0 Å². The van der Waals surface area contributed by atoms with E-state index in [9.17, 15) is 0 Å². The van der Waals surface area contributed by atoms with E-state index in [1.807, 2.05) is 24.4 Å². The number of thioether (sulfide) groups is 1. The molecule has 2 aromatic heterocycles. The van der Waals surface area contributed by atoms with Crippen molar-refractivity contribution in [1.29, 1.82) is 0 Å². The highest BCUT2D eigenvalue weighted by atomic mass is 32.2. The van der Waals surface area contributed by atoms with Gasteiger partial charge >= 0.3 is 0 Å². The molecule has 0 radical (unpaired) electrons. The maximum Gasteiger partial charge on any atom is 0.226 e. The summed E-state index contributed by atoms with van der Waals surface area (Å²) in [5, 5.41) is 8.84. The Bertz CT molecular complexity index is 1010. The van der Waals surface area contributed by atoms with Crippen molar-refractivity contribution < 1.29 is 4.42 Å². The Hall–Kier alpha value is -2.86. The van der Waals surface area contributed by atoms with Crippen molar-refractivity contribution in [2.24, 2.45) is 0 Å². The molecule has 0 aliphatic carbocycles. The van der Waals surface area contributed by atoms with Crippen molar-refractivity contribution in [3.8, 4) is 16.9 Å². The van der Waals surface area contributed by atoms with Gasteiger partial charge in [0.2, 0.25) is 11.8 Å². The number of hydrogen-bond donors (Lipinski definition) is 0. The molecule has 2 aromatic carbocycles. The van der Waals surface area contributed by atoms with Gasteiger partial charge in [0, 0.05) is 18.2 Å². The summed E-state index contributed by atoms with van der Waals surface area (Å²) in [5.74, 6) is 1.76. The van der Waals surface area contributed by atoms with E-state index >= 15 is 0 Å². The normalized spacial score (nSPS) is 11.0. The molecule has 2 heterocycles. The van der Waals surface area contributed by atoms with Crippen LogP contribution in [0, 0.1) is 13.8 Å². The lowest BCUT2D eigenvalue weighted by Crippen LogP contribution is -1.99. The minimum Gasteiger partial charge on any atom is -0.425 e. The lowest BCUT2D eigenvalue weighted by Gasteiger charge is -2.12. The van der Waals surface area contributed by atoms with E-state index in [1.165, 1.54) is 5.56 Å². The molecule has 0 aliphatic rings. The molecule has 130 valence electrons. The van der Waals surface area contributed by atoms with Crippen molar-refractivity contribution in [2.45, 2.75) is 24.8 Å². The van der Waals surface area contributed by atoms with Gasteiger partial charge < -0.3 is 4.42 Å². The summed E-state index contributed by atoms with van der Waals surface area (Å²) in [7, 11) is 0. The average Bonchev–Trinajstić information content (AvgIpc) is 3.27. The molecule has 0 spiro atoms. The highest BCUT2D eigenvalue weighted by Gasteiger charge is 2.15. The van der Waals surface area contributed by atoms with Crippen molar-refractivity contribution >= 4 is 11.8 Å². The van der Waals surface area contributed by atoms with Crippen molar-refractivity contribution in [2.75, 3.05) is 0 Å². The molecule has 0 amide bonds. The zero-order chi connectivity index (χ0) is 17.9. The highest BCUT2D eigenvalue weighted by molar-refractivity contribution is 7.98. The maximum absolute atomic E-state index is 5.48. The van der Waals surface area contributed by atoms with Gasteiger partial charge in [0.05, 0.1) is 17.6 Å². The lowest BCUT2D eigenvalue weighted by molar-refractivity contribution is 0.485. The van der Waals surface area contributed by atoms with Crippen LogP contribution >= 0.6 is 11.8 Å². The van der Waals surface area contributed by atoms with Gasteiger partial charge in [-0.3, -0.25) is 4.57 Å². The first-order chi connectivity index (χ1) is 12.7. The summed E-state index contributed by atoms with van der Waals surface area (Å²) in [6, 6.07) is 18.7. The van der Waals surface area contributed by atoms with Gasteiger partial charge in [0.25, 0.3) is 0 Å². The number of imidazole rings is 1. The predicted molar refractivity (Wildman–Crippen MR) is 102 cm³/mol. The number of rotatable bonds is 5. The Morgan fingerprint density at radius 3 is 2.42 bits per heavy atom. The van der Waals surface area contributed by atoms with E-state index in [0.29, 0.717) is 17.5 Å². The second kappa shape index (κ2) is 7.17. The second-order valence-corrected chi connectivity index (χ2v) is 6.91. The number of aryl methyl sites for hydroxylation is 2. The molecule has 4 aromatic rings. The average molecular weight is 362 g/mol. The van der Waals surface area contributed by atoms with Crippen LogP contribution in [0.15, 0.2) is 70.4 Å². The Balaban J connectivity index is 1.73. The van der Waals surface area contributed by atoms with Gasteiger partial charge in [0.1, 0.15) is 0 Å². The van der Waals surface area contributed by atoms with Crippen molar-refractivity contribution in [1.82, 2.24) is 19.7 Å². The predicted octanol–water partition coefficient (Wildman–Crippen LogP) is 4.83. The summed E-state index contributed by atoms with van der Waals surface area (Å²) in [6.07, 6.45) is 1.91. The molecular formula is C20H18N4OS. The summed E-state index contributed by atoms with van der Waals surface area (Å²) in [4.78, 5) is 4.65. The quantitative estimate of drug-likeness (QED) is 0.476. The first-order valence-corrected chi connectivity index (χ1v) is 9.31. The van der Waals surface area contributed by atoms with Crippen LogP contribution in [0.3, 0.4) is 0 Å². The van der Waals surface area contributed by atoms with Crippen LogP contribution in [-0.2, 0) is 5.75 Å². The number of hydrogen-bond acceptors (Lipinski definition) is 5. The molecule has 0 N–H and O–H groups in total. The SMILES string of the molecule is Cc1ccc(-n2c(-c3ccccc3)cnc2SCc2nnc(C)o2)cc1. The van der Waals surface area contributed by atoms with Crippen LogP contribution in [0.1, 0.15) is 17.3 Å². The molecule has 5 nitrogen and oxygen atoms in total. The Labute approximate surface area is 156 Å².